The van der Waals surface area contributed by atoms with Crippen molar-refractivity contribution in [2.24, 2.45) is 11.7 Å². The van der Waals surface area contributed by atoms with E-state index in [0.717, 1.165) is 24.2 Å². The normalized spacial score (nSPS) is 17.7. The Hall–Kier alpha value is -1.20. The molecule has 142 valence electrons. The van der Waals surface area contributed by atoms with E-state index in [9.17, 15) is 18.0 Å². The number of amides is 2. The second-order valence-electron chi connectivity index (χ2n) is 5.52. The summed E-state index contributed by atoms with van der Waals surface area (Å²) >= 11 is 1.09. The molecule has 1 atom stereocenters. The molecule has 0 saturated carbocycles. The SMILES string of the molecule is CNS(=O)(=O)c1csc(C(=O)N2CCCC(C(=O)NCCN)C2)c1.Cl. The van der Waals surface area contributed by atoms with Crippen LogP contribution in [0.25, 0.3) is 0 Å². The number of carbonyl (C=O) groups excluding carboxylic acids is 2. The van der Waals surface area contributed by atoms with Crippen LogP contribution < -0.4 is 15.8 Å². The van der Waals surface area contributed by atoms with Crippen LogP contribution in [-0.2, 0) is 14.8 Å². The highest BCUT2D eigenvalue weighted by molar-refractivity contribution is 7.89. The first-order valence-corrected chi connectivity index (χ1v) is 10.0. The fourth-order valence-corrected chi connectivity index (χ4v) is 4.53. The summed E-state index contributed by atoms with van der Waals surface area (Å²) in [5.74, 6) is -0.591. The number of hydrogen-bond acceptors (Lipinski definition) is 6. The lowest BCUT2D eigenvalue weighted by Crippen LogP contribution is -2.46. The molecule has 1 fully saturated rings. The Morgan fingerprint density at radius 3 is 2.80 bits per heavy atom. The summed E-state index contributed by atoms with van der Waals surface area (Å²) in [5.41, 5.74) is 5.37. The van der Waals surface area contributed by atoms with Crippen molar-refractivity contribution in [2.75, 3.05) is 33.2 Å². The number of likely N-dealkylation sites (tertiary alicyclic amines) is 1. The minimum Gasteiger partial charge on any atom is -0.355 e. The number of halogens is 1. The lowest BCUT2D eigenvalue weighted by molar-refractivity contribution is -0.126. The molecule has 0 aromatic carbocycles. The van der Waals surface area contributed by atoms with Crippen molar-refractivity contribution in [1.82, 2.24) is 14.9 Å². The Morgan fingerprint density at radius 2 is 2.16 bits per heavy atom. The highest BCUT2D eigenvalue weighted by Gasteiger charge is 2.29. The molecule has 8 nitrogen and oxygen atoms in total. The van der Waals surface area contributed by atoms with Gasteiger partial charge in [-0.25, -0.2) is 13.1 Å². The molecule has 1 aliphatic heterocycles. The number of nitrogens with zero attached hydrogens (tertiary/aromatic N) is 1. The van der Waals surface area contributed by atoms with Gasteiger partial charge >= 0.3 is 0 Å². The van der Waals surface area contributed by atoms with Crippen molar-refractivity contribution >= 4 is 45.6 Å². The minimum absolute atomic E-state index is 0. The van der Waals surface area contributed by atoms with Gasteiger partial charge in [0.2, 0.25) is 15.9 Å². The van der Waals surface area contributed by atoms with Gasteiger partial charge in [-0.05, 0) is 26.0 Å². The molecule has 2 amide bonds. The average Bonchev–Trinajstić information content (AvgIpc) is 3.10. The second-order valence-corrected chi connectivity index (χ2v) is 8.32. The Balaban J connectivity index is 0.00000312. The Kier molecular flexibility index (Phi) is 8.29. The summed E-state index contributed by atoms with van der Waals surface area (Å²) in [7, 11) is -2.24. The van der Waals surface area contributed by atoms with E-state index in [0.29, 0.717) is 31.1 Å². The predicted molar refractivity (Wildman–Crippen MR) is 98.5 cm³/mol. The van der Waals surface area contributed by atoms with Gasteiger partial charge < -0.3 is 16.0 Å². The van der Waals surface area contributed by atoms with Crippen LogP contribution in [0, 0.1) is 5.92 Å². The molecule has 11 heteroatoms. The van der Waals surface area contributed by atoms with Crippen molar-refractivity contribution in [1.29, 1.82) is 0 Å². The molecule has 0 bridgehead atoms. The number of sulfonamides is 1. The average molecular weight is 411 g/mol. The summed E-state index contributed by atoms with van der Waals surface area (Å²) in [6.45, 7) is 1.69. The Labute approximate surface area is 157 Å². The maximum Gasteiger partial charge on any atom is 0.263 e. The van der Waals surface area contributed by atoms with E-state index in [4.69, 9.17) is 5.73 Å². The first-order valence-electron chi connectivity index (χ1n) is 7.68. The van der Waals surface area contributed by atoms with Crippen LogP contribution in [0.2, 0.25) is 0 Å². The van der Waals surface area contributed by atoms with Crippen LogP contribution in [0.3, 0.4) is 0 Å². The third kappa shape index (κ3) is 5.38. The lowest BCUT2D eigenvalue weighted by atomic mass is 9.97. The molecule has 1 saturated heterocycles. The molecule has 1 unspecified atom stereocenters. The molecule has 0 aliphatic carbocycles. The number of thiophene rings is 1. The van der Waals surface area contributed by atoms with E-state index in [2.05, 4.69) is 10.0 Å². The van der Waals surface area contributed by atoms with Crippen molar-refractivity contribution in [2.45, 2.75) is 17.7 Å². The summed E-state index contributed by atoms with van der Waals surface area (Å²) < 4.78 is 25.7. The van der Waals surface area contributed by atoms with Crippen molar-refractivity contribution < 1.29 is 18.0 Å². The highest BCUT2D eigenvalue weighted by Crippen LogP contribution is 2.24. The van der Waals surface area contributed by atoms with Gasteiger partial charge in [0.05, 0.1) is 15.7 Å². The number of nitrogens with one attached hydrogen (secondary N) is 2. The maximum absolute atomic E-state index is 12.6. The molecule has 4 N–H and O–H groups in total. The molecule has 2 rings (SSSR count). The molecule has 0 radical (unpaired) electrons. The maximum atomic E-state index is 12.6. The number of nitrogens with two attached hydrogens (primary N) is 1. The van der Waals surface area contributed by atoms with E-state index >= 15 is 0 Å². The van der Waals surface area contributed by atoms with Gasteiger partial charge in [-0.15, -0.1) is 23.7 Å². The number of rotatable bonds is 6. The molecule has 1 aromatic rings. The fourth-order valence-electron chi connectivity index (χ4n) is 2.56. The van der Waals surface area contributed by atoms with Crippen LogP contribution in [0.1, 0.15) is 22.5 Å². The van der Waals surface area contributed by atoms with Gasteiger partial charge in [-0.1, -0.05) is 0 Å². The molecule has 0 spiro atoms. The zero-order valence-corrected chi connectivity index (χ0v) is 16.3. The lowest BCUT2D eigenvalue weighted by Gasteiger charge is -2.31. The van der Waals surface area contributed by atoms with E-state index in [1.165, 1.54) is 18.5 Å². The first-order chi connectivity index (χ1) is 11.4. The number of carbonyl (C=O) groups is 2. The number of piperidine rings is 1. The quantitative estimate of drug-likeness (QED) is 0.609. The molecule has 1 aliphatic rings. The zero-order valence-electron chi connectivity index (χ0n) is 13.9. The van der Waals surface area contributed by atoms with E-state index in [-0.39, 0.29) is 35.0 Å². The summed E-state index contributed by atoms with van der Waals surface area (Å²) in [4.78, 5) is 26.7. The van der Waals surface area contributed by atoms with Gasteiger partial charge in [0, 0.05) is 31.6 Å². The molecule has 25 heavy (non-hydrogen) atoms. The van der Waals surface area contributed by atoms with Crippen LogP contribution in [0.15, 0.2) is 16.3 Å². The second kappa shape index (κ2) is 9.48. The third-order valence-electron chi connectivity index (χ3n) is 3.89. The van der Waals surface area contributed by atoms with Crippen LogP contribution in [-0.4, -0.2) is 58.4 Å². The molecular formula is C14H23ClN4O4S2. The van der Waals surface area contributed by atoms with Crippen molar-refractivity contribution in [3.8, 4) is 0 Å². The van der Waals surface area contributed by atoms with Gasteiger partial charge in [-0.2, -0.15) is 0 Å². The van der Waals surface area contributed by atoms with E-state index in [1.807, 2.05) is 0 Å². The zero-order chi connectivity index (χ0) is 17.7. The summed E-state index contributed by atoms with van der Waals surface area (Å²) in [6.07, 6.45) is 1.46. The van der Waals surface area contributed by atoms with Gasteiger partial charge in [-0.3, -0.25) is 9.59 Å². The van der Waals surface area contributed by atoms with Crippen LogP contribution >= 0.6 is 23.7 Å². The molecule has 2 heterocycles. The van der Waals surface area contributed by atoms with Gasteiger partial charge in [0.25, 0.3) is 5.91 Å². The monoisotopic (exact) mass is 410 g/mol. The molecular weight excluding hydrogens is 388 g/mol. The van der Waals surface area contributed by atoms with Crippen LogP contribution in [0.4, 0.5) is 0 Å². The first kappa shape index (κ1) is 21.8. The van der Waals surface area contributed by atoms with E-state index in [1.54, 1.807) is 4.90 Å². The topological polar surface area (TPSA) is 122 Å². The smallest absolute Gasteiger partial charge is 0.263 e. The predicted octanol–water partition coefficient (Wildman–Crippen LogP) is 0.00510. The van der Waals surface area contributed by atoms with Crippen LogP contribution in [0.5, 0.6) is 0 Å². The highest BCUT2D eigenvalue weighted by atomic mass is 35.5. The largest absolute Gasteiger partial charge is 0.355 e. The Morgan fingerprint density at radius 1 is 1.44 bits per heavy atom. The fraction of sp³-hybridized carbons (Fsp3) is 0.571. The van der Waals surface area contributed by atoms with E-state index < -0.39 is 10.0 Å². The van der Waals surface area contributed by atoms with Gasteiger partial charge in [0.1, 0.15) is 0 Å². The van der Waals surface area contributed by atoms with Crippen molar-refractivity contribution in [3.05, 3.63) is 16.3 Å². The summed E-state index contributed by atoms with van der Waals surface area (Å²) in [5, 5.41) is 4.18. The number of hydrogen-bond donors (Lipinski definition) is 3. The summed E-state index contributed by atoms with van der Waals surface area (Å²) in [6, 6.07) is 1.37. The van der Waals surface area contributed by atoms with Gasteiger partial charge in [0.15, 0.2) is 0 Å². The van der Waals surface area contributed by atoms with Crippen molar-refractivity contribution in [3.63, 3.8) is 0 Å². The minimum atomic E-state index is -3.56. The standard InChI is InChI=1S/C14H22N4O4S2.ClH/c1-16-24(21,22)11-7-12(23-9-11)14(20)18-6-2-3-10(8-18)13(19)17-5-4-15;/h7,9-10,16H,2-6,8,15H2,1H3,(H,17,19);1H. The Bertz CT molecular complexity index is 707. The third-order valence-corrected chi connectivity index (χ3v) is 6.35. The molecule has 1 aromatic heterocycles.